The van der Waals surface area contributed by atoms with E-state index in [9.17, 15) is 4.79 Å². The largest absolute Gasteiger partial charge is 0.469 e. The Bertz CT molecular complexity index is 189. The standard InChI is InChI=1S/C9H17NO3/c1-7(5-8(12)13-2)10-9(6-11)3-4-9/h7,10-11H,3-6H2,1-2H3. The Kier molecular flexibility index (Phi) is 3.27. The zero-order valence-corrected chi connectivity index (χ0v) is 8.17. The van der Waals surface area contributed by atoms with E-state index in [0.29, 0.717) is 6.42 Å². The van der Waals surface area contributed by atoms with Gasteiger partial charge in [-0.05, 0) is 19.8 Å². The lowest BCUT2D eigenvalue weighted by molar-refractivity contribution is -0.141. The summed E-state index contributed by atoms with van der Waals surface area (Å²) >= 11 is 0. The molecule has 13 heavy (non-hydrogen) atoms. The van der Waals surface area contributed by atoms with Gasteiger partial charge in [-0.15, -0.1) is 0 Å². The van der Waals surface area contributed by atoms with Crippen molar-refractivity contribution in [3.63, 3.8) is 0 Å². The number of aliphatic hydroxyl groups excluding tert-OH is 1. The molecule has 4 nitrogen and oxygen atoms in total. The quantitative estimate of drug-likeness (QED) is 0.597. The fourth-order valence-corrected chi connectivity index (χ4v) is 1.41. The van der Waals surface area contributed by atoms with E-state index in [0.717, 1.165) is 12.8 Å². The summed E-state index contributed by atoms with van der Waals surface area (Å²) in [5, 5.41) is 12.2. The van der Waals surface area contributed by atoms with Crippen molar-refractivity contribution in [2.45, 2.75) is 37.8 Å². The van der Waals surface area contributed by atoms with Crippen LogP contribution in [0.1, 0.15) is 26.2 Å². The van der Waals surface area contributed by atoms with Gasteiger partial charge in [0, 0.05) is 11.6 Å². The van der Waals surface area contributed by atoms with Gasteiger partial charge in [-0.3, -0.25) is 4.79 Å². The Labute approximate surface area is 78.3 Å². The lowest BCUT2D eigenvalue weighted by Crippen LogP contribution is -2.42. The van der Waals surface area contributed by atoms with E-state index >= 15 is 0 Å². The molecule has 0 radical (unpaired) electrons. The molecule has 1 saturated carbocycles. The summed E-state index contributed by atoms with van der Waals surface area (Å²) in [6.45, 7) is 2.07. The van der Waals surface area contributed by atoms with Crippen LogP contribution in [-0.4, -0.2) is 36.4 Å². The van der Waals surface area contributed by atoms with Gasteiger partial charge in [0.15, 0.2) is 0 Å². The third-order valence-electron chi connectivity index (χ3n) is 2.41. The molecule has 1 fully saturated rings. The molecule has 0 aliphatic heterocycles. The van der Waals surface area contributed by atoms with Crippen molar-refractivity contribution in [1.29, 1.82) is 0 Å². The molecule has 1 atom stereocenters. The summed E-state index contributed by atoms with van der Waals surface area (Å²) in [6.07, 6.45) is 2.35. The van der Waals surface area contributed by atoms with E-state index in [1.54, 1.807) is 0 Å². The monoisotopic (exact) mass is 187 g/mol. The van der Waals surface area contributed by atoms with E-state index < -0.39 is 0 Å². The topological polar surface area (TPSA) is 58.6 Å². The number of nitrogens with one attached hydrogen (secondary N) is 1. The van der Waals surface area contributed by atoms with Gasteiger partial charge in [-0.2, -0.15) is 0 Å². The van der Waals surface area contributed by atoms with Crippen LogP contribution in [0.3, 0.4) is 0 Å². The second-order valence-electron chi connectivity index (χ2n) is 3.76. The summed E-state index contributed by atoms with van der Waals surface area (Å²) in [5.41, 5.74) is -0.104. The van der Waals surface area contributed by atoms with Crippen LogP contribution in [-0.2, 0) is 9.53 Å². The number of carbonyl (C=O) groups excluding carboxylic acids is 1. The first-order valence-electron chi connectivity index (χ1n) is 4.57. The van der Waals surface area contributed by atoms with Crippen molar-refractivity contribution < 1.29 is 14.6 Å². The van der Waals surface area contributed by atoms with Crippen LogP contribution < -0.4 is 5.32 Å². The van der Waals surface area contributed by atoms with Crippen LogP contribution in [0.2, 0.25) is 0 Å². The fourth-order valence-electron chi connectivity index (χ4n) is 1.41. The zero-order chi connectivity index (χ0) is 9.90. The minimum absolute atomic E-state index is 0.0714. The van der Waals surface area contributed by atoms with Crippen molar-refractivity contribution in [2.24, 2.45) is 0 Å². The number of methoxy groups -OCH3 is 1. The number of rotatable bonds is 5. The van der Waals surface area contributed by atoms with E-state index in [1.165, 1.54) is 7.11 Å². The SMILES string of the molecule is COC(=O)CC(C)NC1(CO)CC1. The molecule has 0 aromatic carbocycles. The average molecular weight is 187 g/mol. The minimum Gasteiger partial charge on any atom is -0.469 e. The first-order valence-corrected chi connectivity index (χ1v) is 4.57. The Balaban J connectivity index is 2.25. The Morgan fingerprint density at radius 2 is 2.31 bits per heavy atom. The van der Waals surface area contributed by atoms with E-state index in [2.05, 4.69) is 10.1 Å². The molecule has 0 aromatic rings. The molecule has 4 heteroatoms. The fraction of sp³-hybridized carbons (Fsp3) is 0.889. The van der Waals surface area contributed by atoms with E-state index in [4.69, 9.17) is 5.11 Å². The molecule has 0 aromatic heterocycles. The molecule has 0 saturated heterocycles. The molecule has 1 unspecified atom stereocenters. The summed E-state index contributed by atoms with van der Waals surface area (Å²) < 4.78 is 4.55. The van der Waals surface area contributed by atoms with Gasteiger partial charge in [0.1, 0.15) is 0 Å². The molecular formula is C9H17NO3. The molecule has 0 spiro atoms. The molecule has 2 N–H and O–H groups in total. The van der Waals surface area contributed by atoms with E-state index in [1.807, 2.05) is 6.92 Å². The van der Waals surface area contributed by atoms with Gasteiger partial charge in [-0.25, -0.2) is 0 Å². The lowest BCUT2D eigenvalue weighted by atomic mass is 10.2. The normalized spacial score (nSPS) is 20.8. The van der Waals surface area contributed by atoms with Crippen LogP contribution >= 0.6 is 0 Å². The van der Waals surface area contributed by atoms with Crippen LogP contribution in [0, 0.1) is 0 Å². The zero-order valence-electron chi connectivity index (χ0n) is 8.17. The van der Waals surface area contributed by atoms with Gasteiger partial charge in [-0.1, -0.05) is 0 Å². The number of hydrogen-bond donors (Lipinski definition) is 2. The first kappa shape index (κ1) is 10.5. The second kappa shape index (κ2) is 4.07. The molecule has 1 rings (SSSR count). The number of carbonyl (C=O) groups is 1. The number of ether oxygens (including phenoxy) is 1. The van der Waals surface area contributed by atoms with Crippen molar-refractivity contribution >= 4 is 5.97 Å². The summed E-state index contributed by atoms with van der Waals surface area (Å²) in [4.78, 5) is 10.9. The Morgan fingerprint density at radius 1 is 1.69 bits per heavy atom. The summed E-state index contributed by atoms with van der Waals surface area (Å²) in [7, 11) is 1.38. The number of esters is 1. The van der Waals surface area contributed by atoms with Crippen molar-refractivity contribution in [3.8, 4) is 0 Å². The Morgan fingerprint density at radius 3 is 2.69 bits per heavy atom. The molecule has 0 bridgehead atoms. The second-order valence-corrected chi connectivity index (χ2v) is 3.76. The van der Waals surface area contributed by atoms with Crippen molar-refractivity contribution in [1.82, 2.24) is 5.32 Å². The van der Waals surface area contributed by atoms with Crippen molar-refractivity contribution in [3.05, 3.63) is 0 Å². The maximum atomic E-state index is 10.9. The highest BCUT2D eigenvalue weighted by atomic mass is 16.5. The van der Waals surface area contributed by atoms with E-state index in [-0.39, 0.29) is 24.2 Å². The maximum absolute atomic E-state index is 10.9. The third kappa shape index (κ3) is 2.97. The van der Waals surface area contributed by atoms with Gasteiger partial charge < -0.3 is 15.2 Å². The smallest absolute Gasteiger partial charge is 0.307 e. The lowest BCUT2D eigenvalue weighted by Gasteiger charge is -2.19. The highest BCUT2D eigenvalue weighted by Crippen LogP contribution is 2.35. The molecule has 0 heterocycles. The van der Waals surface area contributed by atoms with Crippen LogP contribution in [0.25, 0.3) is 0 Å². The van der Waals surface area contributed by atoms with Gasteiger partial charge in [0.25, 0.3) is 0 Å². The predicted molar refractivity (Wildman–Crippen MR) is 48.3 cm³/mol. The third-order valence-corrected chi connectivity index (χ3v) is 2.41. The van der Waals surface area contributed by atoms with Gasteiger partial charge in [0.2, 0.25) is 0 Å². The number of hydrogen-bond acceptors (Lipinski definition) is 4. The predicted octanol–water partition coefficient (Wildman–Crippen LogP) is 0.0525. The minimum atomic E-state index is -0.214. The summed E-state index contributed by atoms with van der Waals surface area (Å²) in [5.74, 6) is -0.214. The summed E-state index contributed by atoms with van der Waals surface area (Å²) in [6, 6.07) is 0.0714. The number of aliphatic hydroxyl groups is 1. The van der Waals surface area contributed by atoms with Crippen LogP contribution in [0.4, 0.5) is 0 Å². The average Bonchev–Trinajstić information content (AvgIpc) is 2.85. The van der Waals surface area contributed by atoms with Crippen LogP contribution in [0.5, 0.6) is 0 Å². The molecule has 1 aliphatic carbocycles. The molecule has 0 amide bonds. The highest BCUT2D eigenvalue weighted by molar-refractivity contribution is 5.69. The molecule has 76 valence electrons. The Hall–Kier alpha value is -0.610. The highest BCUT2D eigenvalue weighted by Gasteiger charge is 2.42. The maximum Gasteiger partial charge on any atom is 0.307 e. The van der Waals surface area contributed by atoms with Gasteiger partial charge >= 0.3 is 5.97 Å². The van der Waals surface area contributed by atoms with Gasteiger partial charge in [0.05, 0.1) is 20.1 Å². The molecular weight excluding hydrogens is 170 g/mol. The first-order chi connectivity index (χ1) is 6.12. The van der Waals surface area contributed by atoms with Crippen LogP contribution in [0.15, 0.2) is 0 Å². The molecule has 1 aliphatic rings. The van der Waals surface area contributed by atoms with Crippen molar-refractivity contribution in [2.75, 3.05) is 13.7 Å².